The van der Waals surface area contributed by atoms with Gasteiger partial charge < -0.3 is 0 Å². The average molecular weight is 337 g/mol. The number of benzene rings is 3. The summed E-state index contributed by atoms with van der Waals surface area (Å²) in [6, 6.07) is 26.2. The molecule has 0 amide bonds. The summed E-state index contributed by atoms with van der Waals surface area (Å²) in [7, 11) is 0. The van der Waals surface area contributed by atoms with Gasteiger partial charge in [-0.15, -0.1) is 0 Å². The third kappa shape index (κ3) is 2.40. The van der Waals surface area contributed by atoms with E-state index in [1.165, 1.54) is 28.3 Å². The van der Waals surface area contributed by atoms with Crippen LogP contribution in [0.15, 0.2) is 72.8 Å². The smallest absolute Gasteiger partial charge is 0.0435 e. The minimum absolute atomic E-state index is 0.439. The van der Waals surface area contributed by atoms with Crippen LogP contribution in [0.2, 0.25) is 0 Å². The van der Waals surface area contributed by atoms with E-state index in [0.29, 0.717) is 16.7 Å². The summed E-state index contributed by atoms with van der Waals surface area (Å²) >= 11 is 3.97. The molecule has 21 heavy (non-hydrogen) atoms. The number of alkyl halides is 1. The summed E-state index contributed by atoms with van der Waals surface area (Å²) in [6.45, 7) is 0. The lowest BCUT2D eigenvalue weighted by molar-refractivity contribution is 0.791. The van der Waals surface area contributed by atoms with E-state index in [4.69, 9.17) is 0 Å². The Morgan fingerprint density at radius 2 is 1.52 bits per heavy atom. The molecule has 0 bridgehead atoms. The molecule has 0 spiro atoms. The molecule has 1 fully saturated rings. The summed E-state index contributed by atoms with van der Waals surface area (Å²) in [6.07, 6.45) is 1.28. The zero-order valence-electron chi connectivity index (χ0n) is 11.7. The highest BCUT2D eigenvalue weighted by Crippen LogP contribution is 2.57. The molecule has 4 rings (SSSR count). The van der Waals surface area contributed by atoms with Crippen molar-refractivity contribution in [1.82, 2.24) is 0 Å². The molecule has 0 aliphatic heterocycles. The van der Waals surface area contributed by atoms with Crippen molar-refractivity contribution in [3.8, 4) is 0 Å². The van der Waals surface area contributed by atoms with Gasteiger partial charge in [-0.05, 0) is 40.2 Å². The van der Waals surface area contributed by atoms with Crippen molar-refractivity contribution in [2.24, 2.45) is 5.92 Å². The van der Waals surface area contributed by atoms with E-state index in [1.54, 1.807) is 0 Å². The molecule has 1 aliphatic rings. The lowest BCUT2D eigenvalue weighted by Gasteiger charge is -2.13. The van der Waals surface area contributed by atoms with Gasteiger partial charge in [0, 0.05) is 4.83 Å². The number of hydrogen-bond acceptors (Lipinski definition) is 0. The standard InChI is InChI=1S/C20H17Br/c21-20(19-13-18(19)15-7-2-1-3-8-15)17-12-6-10-14-9-4-5-11-16(14)17/h1-12,18-20H,13H2. The molecule has 0 radical (unpaired) electrons. The summed E-state index contributed by atoms with van der Waals surface area (Å²) in [5.74, 6) is 1.41. The minimum Gasteiger partial charge on any atom is -0.0835 e. The number of rotatable bonds is 3. The van der Waals surface area contributed by atoms with Crippen LogP contribution in [0, 0.1) is 5.92 Å². The first-order valence-corrected chi connectivity index (χ1v) is 8.43. The Morgan fingerprint density at radius 3 is 2.38 bits per heavy atom. The van der Waals surface area contributed by atoms with Crippen LogP contribution >= 0.6 is 15.9 Å². The van der Waals surface area contributed by atoms with Crippen LogP contribution in [0.5, 0.6) is 0 Å². The van der Waals surface area contributed by atoms with Crippen molar-refractivity contribution < 1.29 is 0 Å². The van der Waals surface area contributed by atoms with Crippen LogP contribution < -0.4 is 0 Å². The van der Waals surface area contributed by atoms with Crippen molar-refractivity contribution in [2.75, 3.05) is 0 Å². The highest BCUT2D eigenvalue weighted by molar-refractivity contribution is 9.09. The van der Waals surface area contributed by atoms with Gasteiger partial charge in [0.25, 0.3) is 0 Å². The fourth-order valence-corrected chi connectivity index (χ4v) is 4.33. The Balaban J connectivity index is 1.65. The number of fused-ring (bicyclic) bond motifs is 1. The van der Waals surface area contributed by atoms with Gasteiger partial charge in [0.05, 0.1) is 0 Å². The normalized spacial score (nSPS) is 22.1. The van der Waals surface area contributed by atoms with Gasteiger partial charge in [0.2, 0.25) is 0 Å². The molecule has 0 N–H and O–H groups in total. The summed E-state index contributed by atoms with van der Waals surface area (Å²) in [4.78, 5) is 0.439. The fourth-order valence-electron chi connectivity index (χ4n) is 3.34. The van der Waals surface area contributed by atoms with E-state index in [0.717, 1.165) is 0 Å². The predicted molar refractivity (Wildman–Crippen MR) is 92.9 cm³/mol. The van der Waals surface area contributed by atoms with Crippen LogP contribution in [-0.2, 0) is 0 Å². The van der Waals surface area contributed by atoms with Crippen LogP contribution in [-0.4, -0.2) is 0 Å². The van der Waals surface area contributed by atoms with Crippen molar-refractivity contribution in [3.05, 3.63) is 83.9 Å². The first-order chi connectivity index (χ1) is 10.3. The second kappa shape index (κ2) is 5.31. The minimum atomic E-state index is 0.439. The Kier molecular flexibility index (Phi) is 3.31. The first kappa shape index (κ1) is 13.1. The molecule has 0 heterocycles. The SMILES string of the molecule is BrC(c1cccc2ccccc12)C1CC1c1ccccc1. The zero-order chi connectivity index (χ0) is 14.2. The molecule has 3 aromatic rings. The van der Waals surface area contributed by atoms with Gasteiger partial charge in [-0.1, -0.05) is 88.7 Å². The maximum atomic E-state index is 3.97. The molecule has 0 nitrogen and oxygen atoms in total. The van der Waals surface area contributed by atoms with E-state index in [1.807, 2.05) is 0 Å². The summed E-state index contributed by atoms with van der Waals surface area (Å²) in [5.41, 5.74) is 2.91. The zero-order valence-corrected chi connectivity index (χ0v) is 13.3. The fraction of sp³-hybridized carbons (Fsp3) is 0.200. The van der Waals surface area contributed by atoms with Gasteiger partial charge >= 0.3 is 0 Å². The molecule has 1 aliphatic carbocycles. The van der Waals surface area contributed by atoms with Gasteiger partial charge in [0.1, 0.15) is 0 Å². The van der Waals surface area contributed by atoms with Gasteiger partial charge in [0.15, 0.2) is 0 Å². The third-order valence-electron chi connectivity index (χ3n) is 4.56. The van der Waals surface area contributed by atoms with Crippen molar-refractivity contribution >= 4 is 26.7 Å². The Labute approximate surface area is 133 Å². The average Bonchev–Trinajstić information content (AvgIpc) is 3.35. The molecule has 3 unspecified atom stereocenters. The molecule has 0 aromatic heterocycles. The molecule has 0 saturated heterocycles. The van der Waals surface area contributed by atoms with Gasteiger partial charge in [-0.25, -0.2) is 0 Å². The molecule has 3 aromatic carbocycles. The van der Waals surface area contributed by atoms with Gasteiger partial charge in [-0.3, -0.25) is 0 Å². The Hall–Kier alpha value is -1.60. The van der Waals surface area contributed by atoms with E-state index >= 15 is 0 Å². The van der Waals surface area contributed by atoms with E-state index < -0.39 is 0 Å². The highest BCUT2D eigenvalue weighted by atomic mass is 79.9. The lowest BCUT2D eigenvalue weighted by atomic mass is 9.98. The molecule has 3 atom stereocenters. The maximum Gasteiger partial charge on any atom is 0.0435 e. The number of hydrogen-bond donors (Lipinski definition) is 0. The van der Waals surface area contributed by atoms with Crippen LogP contribution in [0.25, 0.3) is 10.8 Å². The maximum absolute atomic E-state index is 3.97. The van der Waals surface area contributed by atoms with Crippen molar-refractivity contribution in [3.63, 3.8) is 0 Å². The second-order valence-electron chi connectivity index (χ2n) is 5.89. The first-order valence-electron chi connectivity index (χ1n) is 7.51. The van der Waals surface area contributed by atoms with Crippen molar-refractivity contribution in [2.45, 2.75) is 17.2 Å². The van der Waals surface area contributed by atoms with E-state index in [-0.39, 0.29) is 0 Å². The molecule has 1 heteroatoms. The van der Waals surface area contributed by atoms with Crippen LogP contribution in [0.4, 0.5) is 0 Å². The summed E-state index contributed by atoms with van der Waals surface area (Å²) < 4.78 is 0. The Morgan fingerprint density at radius 1 is 0.810 bits per heavy atom. The topological polar surface area (TPSA) is 0 Å². The monoisotopic (exact) mass is 336 g/mol. The van der Waals surface area contributed by atoms with Crippen LogP contribution in [0.3, 0.4) is 0 Å². The predicted octanol–water partition coefficient (Wildman–Crippen LogP) is 6.08. The van der Waals surface area contributed by atoms with Gasteiger partial charge in [-0.2, -0.15) is 0 Å². The quantitative estimate of drug-likeness (QED) is 0.508. The Bertz CT molecular complexity index is 758. The largest absolute Gasteiger partial charge is 0.0835 e. The summed E-state index contributed by atoms with van der Waals surface area (Å²) in [5, 5.41) is 2.71. The second-order valence-corrected chi connectivity index (χ2v) is 6.87. The van der Waals surface area contributed by atoms with Crippen molar-refractivity contribution in [1.29, 1.82) is 0 Å². The number of halogens is 1. The van der Waals surface area contributed by atoms with Crippen LogP contribution in [0.1, 0.15) is 28.3 Å². The molecular formula is C20H17Br. The molecule has 1 saturated carbocycles. The molecular weight excluding hydrogens is 320 g/mol. The molecule has 104 valence electrons. The lowest BCUT2D eigenvalue weighted by Crippen LogP contribution is -1.96. The van der Waals surface area contributed by atoms with E-state index in [2.05, 4.69) is 88.7 Å². The van der Waals surface area contributed by atoms with E-state index in [9.17, 15) is 0 Å². The highest BCUT2D eigenvalue weighted by Gasteiger charge is 2.43. The third-order valence-corrected chi connectivity index (χ3v) is 5.74.